The summed E-state index contributed by atoms with van der Waals surface area (Å²) in [6.45, 7) is 0. The molecule has 1 aromatic carbocycles. The molecule has 0 radical (unpaired) electrons. The predicted octanol–water partition coefficient (Wildman–Crippen LogP) is 3.08. The smallest absolute Gasteiger partial charge is 0.306 e. The van der Waals surface area contributed by atoms with Crippen molar-refractivity contribution in [1.29, 1.82) is 0 Å². The molecule has 1 aromatic heterocycles. The van der Waals surface area contributed by atoms with Crippen molar-refractivity contribution in [2.75, 3.05) is 5.32 Å². The van der Waals surface area contributed by atoms with Gasteiger partial charge >= 0.3 is 5.97 Å². The van der Waals surface area contributed by atoms with Gasteiger partial charge in [0.05, 0.1) is 12.3 Å². The number of hydrogen-bond acceptors (Lipinski definition) is 5. The molecule has 0 saturated heterocycles. The number of rotatable bonds is 5. The SMILES string of the molecule is O=C(Cc1ccccc1)Nc1nnc([C@@H]2CCC[C@@H](C(=O)O)C2)s1. The lowest BCUT2D eigenvalue weighted by atomic mass is 9.82. The molecule has 1 amide bonds. The number of carbonyl (C=O) groups excluding carboxylic acids is 1. The van der Waals surface area contributed by atoms with Gasteiger partial charge in [0.15, 0.2) is 0 Å². The van der Waals surface area contributed by atoms with Crippen LogP contribution in [0.2, 0.25) is 0 Å². The van der Waals surface area contributed by atoms with Crippen molar-refractivity contribution in [2.24, 2.45) is 5.92 Å². The molecule has 6 nitrogen and oxygen atoms in total. The van der Waals surface area contributed by atoms with Crippen LogP contribution in [0, 0.1) is 5.92 Å². The van der Waals surface area contributed by atoms with Crippen molar-refractivity contribution >= 4 is 28.3 Å². The lowest BCUT2D eigenvalue weighted by Gasteiger charge is -2.24. The zero-order chi connectivity index (χ0) is 16.9. The second-order valence-corrected chi connectivity index (χ2v) is 7.06. The molecule has 7 heteroatoms. The maximum Gasteiger partial charge on any atom is 0.306 e. The highest BCUT2D eigenvalue weighted by Gasteiger charge is 2.30. The Balaban J connectivity index is 1.59. The van der Waals surface area contributed by atoms with Crippen molar-refractivity contribution in [2.45, 2.75) is 38.0 Å². The number of nitrogens with zero attached hydrogens (tertiary/aromatic N) is 2. The molecule has 126 valence electrons. The van der Waals surface area contributed by atoms with Crippen LogP contribution < -0.4 is 5.32 Å². The summed E-state index contributed by atoms with van der Waals surface area (Å²) in [6.07, 6.45) is 3.43. The van der Waals surface area contributed by atoms with Crippen LogP contribution in [0.25, 0.3) is 0 Å². The van der Waals surface area contributed by atoms with E-state index in [1.165, 1.54) is 11.3 Å². The number of nitrogens with one attached hydrogen (secondary N) is 1. The second kappa shape index (κ2) is 7.53. The first kappa shape index (κ1) is 16.6. The fraction of sp³-hybridized carbons (Fsp3) is 0.412. The number of carboxylic acid groups (broad SMARTS) is 1. The predicted molar refractivity (Wildman–Crippen MR) is 91.0 cm³/mol. The van der Waals surface area contributed by atoms with E-state index >= 15 is 0 Å². The molecular weight excluding hydrogens is 326 g/mol. The number of aromatic nitrogens is 2. The molecule has 2 aromatic rings. The van der Waals surface area contributed by atoms with E-state index in [0.717, 1.165) is 29.8 Å². The number of anilines is 1. The summed E-state index contributed by atoms with van der Waals surface area (Å²) in [6, 6.07) is 9.51. The monoisotopic (exact) mass is 345 g/mol. The van der Waals surface area contributed by atoms with Gasteiger partial charge in [-0.3, -0.25) is 9.59 Å². The molecule has 3 rings (SSSR count). The Hall–Kier alpha value is -2.28. The Labute approximate surface area is 143 Å². The molecule has 1 fully saturated rings. The number of carbonyl (C=O) groups is 2. The van der Waals surface area contributed by atoms with Gasteiger partial charge in [-0.25, -0.2) is 0 Å². The fourth-order valence-electron chi connectivity index (χ4n) is 3.03. The molecule has 0 unspecified atom stereocenters. The molecule has 1 aliphatic carbocycles. The summed E-state index contributed by atoms with van der Waals surface area (Å²) >= 11 is 1.34. The van der Waals surface area contributed by atoms with Crippen LogP contribution >= 0.6 is 11.3 Å². The summed E-state index contributed by atoms with van der Waals surface area (Å²) in [5, 5.41) is 21.4. The summed E-state index contributed by atoms with van der Waals surface area (Å²) in [4.78, 5) is 23.2. The molecule has 1 saturated carbocycles. The number of benzene rings is 1. The van der Waals surface area contributed by atoms with Crippen molar-refractivity contribution in [1.82, 2.24) is 10.2 Å². The van der Waals surface area contributed by atoms with Crippen molar-refractivity contribution in [3.05, 3.63) is 40.9 Å². The third kappa shape index (κ3) is 4.17. The van der Waals surface area contributed by atoms with E-state index in [0.29, 0.717) is 18.0 Å². The van der Waals surface area contributed by atoms with Crippen LogP contribution in [0.4, 0.5) is 5.13 Å². The number of hydrogen-bond donors (Lipinski definition) is 2. The third-order valence-corrected chi connectivity index (χ3v) is 5.27. The van der Waals surface area contributed by atoms with E-state index in [1.54, 1.807) is 0 Å². The van der Waals surface area contributed by atoms with Crippen molar-refractivity contribution in [3.8, 4) is 0 Å². The number of aliphatic carboxylic acids is 1. The molecule has 0 aliphatic heterocycles. The summed E-state index contributed by atoms with van der Waals surface area (Å²) < 4.78 is 0. The molecule has 2 N–H and O–H groups in total. The first-order valence-corrected chi connectivity index (χ1v) is 8.83. The molecule has 2 atom stereocenters. The Morgan fingerprint density at radius 2 is 2.00 bits per heavy atom. The average molecular weight is 345 g/mol. The van der Waals surface area contributed by atoms with Gasteiger partial charge in [-0.15, -0.1) is 10.2 Å². The second-order valence-electron chi connectivity index (χ2n) is 6.05. The maximum atomic E-state index is 12.1. The standard InChI is InChI=1S/C17H19N3O3S/c21-14(9-11-5-2-1-3-6-11)18-17-20-19-15(24-17)12-7-4-8-13(10-12)16(22)23/h1-3,5-6,12-13H,4,7-10H2,(H,22,23)(H,18,20,21)/t12-,13-/m1/s1. The van der Waals surface area contributed by atoms with Gasteiger partial charge in [-0.05, 0) is 24.8 Å². The lowest BCUT2D eigenvalue weighted by molar-refractivity contribution is -0.143. The number of amides is 1. The Kier molecular flexibility index (Phi) is 5.20. The van der Waals surface area contributed by atoms with E-state index in [2.05, 4.69) is 15.5 Å². The molecule has 1 aliphatic rings. The first-order valence-electron chi connectivity index (χ1n) is 8.02. The van der Waals surface area contributed by atoms with Crippen LogP contribution in [-0.4, -0.2) is 27.2 Å². The Morgan fingerprint density at radius 1 is 1.21 bits per heavy atom. The van der Waals surface area contributed by atoms with Gasteiger partial charge in [0.2, 0.25) is 11.0 Å². The molecular formula is C17H19N3O3S. The van der Waals surface area contributed by atoms with E-state index in [9.17, 15) is 14.7 Å². The van der Waals surface area contributed by atoms with Gasteiger partial charge in [0.25, 0.3) is 0 Å². The Bertz CT molecular complexity index is 717. The van der Waals surface area contributed by atoms with Gasteiger partial charge in [-0.2, -0.15) is 0 Å². The van der Waals surface area contributed by atoms with Gasteiger partial charge < -0.3 is 10.4 Å². The zero-order valence-electron chi connectivity index (χ0n) is 13.1. The minimum absolute atomic E-state index is 0.122. The highest BCUT2D eigenvalue weighted by molar-refractivity contribution is 7.15. The molecule has 0 spiro atoms. The molecule has 24 heavy (non-hydrogen) atoms. The third-order valence-electron chi connectivity index (χ3n) is 4.27. The largest absolute Gasteiger partial charge is 0.481 e. The number of carboxylic acids is 1. The van der Waals surface area contributed by atoms with Crippen LogP contribution in [0.5, 0.6) is 0 Å². The summed E-state index contributed by atoms with van der Waals surface area (Å²) in [5.41, 5.74) is 0.941. The van der Waals surface area contributed by atoms with Gasteiger partial charge in [-0.1, -0.05) is 48.1 Å². The van der Waals surface area contributed by atoms with E-state index in [4.69, 9.17) is 0 Å². The van der Waals surface area contributed by atoms with Crippen molar-refractivity contribution < 1.29 is 14.7 Å². The highest BCUT2D eigenvalue weighted by atomic mass is 32.1. The van der Waals surface area contributed by atoms with Crippen LogP contribution in [0.15, 0.2) is 30.3 Å². The summed E-state index contributed by atoms with van der Waals surface area (Å²) in [7, 11) is 0. The van der Waals surface area contributed by atoms with Crippen LogP contribution in [-0.2, 0) is 16.0 Å². The molecule has 1 heterocycles. The maximum absolute atomic E-state index is 12.1. The van der Waals surface area contributed by atoms with E-state index in [-0.39, 0.29) is 17.7 Å². The quantitative estimate of drug-likeness (QED) is 0.869. The van der Waals surface area contributed by atoms with Gasteiger partial charge in [0, 0.05) is 5.92 Å². The summed E-state index contributed by atoms with van der Waals surface area (Å²) in [5.74, 6) is -1.04. The normalized spacial score (nSPS) is 20.5. The minimum atomic E-state index is -0.736. The van der Waals surface area contributed by atoms with Crippen molar-refractivity contribution in [3.63, 3.8) is 0 Å². The fourth-order valence-corrected chi connectivity index (χ4v) is 3.94. The zero-order valence-corrected chi connectivity index (χ0v) is 14.0. The highest BCUT2D eigenvalue weighted by Crippen LogP contribution is 2.38. The van der Waals surface area contributed by atoms with E-state index < -0.39 is 5.97 Å². The average Bonchev–Trinajstić information content (AvgIpc) is 3.04. The minimum Gasteiger partial charge on any atom is -0.481 e. The molecule has 0 bridgehead atoms. The van der Waals surface area contributed by atoms with Gasteiger partial charge in [0.1, 0.15) is 5.01 Å². The Morgan fingerprint density at radius 3 is 2.75 bits per heavy atom. The van der Waals surface area contributed by atoms with E-state index in [1.807, 2.05) is 30.3 Å². The lowest BCUT2D eigenvalue weighted by Crippen LogP contribution is -2.21. The van der Waals surface area contributed by atoms with Crippen LogP contribution in [0.1, 0.15) is 42.2 Å². The topological polar surface area (TPSA) is 92.2 Å². The first-order chi connectivity index (χ1) is 11.6. The van der Waals surface area contributed by atoms with Crippen LogP contribution in [0.3, 0.4) is 0 Å².